The number of aromatic nitrogens is 2. The second-order valence-corrected chi connectivity index (χ2v) is 9.12. The predicted octanol–water partition coefficient (Wildman–Crippen LogP) is 4.47. The summed E-state index contributed by atoms with van der Waals surface area (Å²) in [5, 5.41) is 9.78. The van der Waals surface area contributed by atoms with Gasteiger partial charge < -0.3 is 4.90 Å². The van der Waals surface area contributed by atoms with Crippen molar-refractivity contribution in [2.45, 2.75) is 49.6 Å². The van der Waals surface area contributed by atoms with Crippen molar-refractivity contribution in [1.29, 1.82) is 5.26 Å². The summed E-state index contributed by atoms with van der Waals surface area (Å²) in [7, 11) is 0. The molecular weight excluding hydrogens is 408 g/mol. The van der Waals surface area contributed by atoms with Gasteiger partial charge in [0.25, 0.3) is 5.56 Å². The van der Waals surface area contributed by atoms with Gasteiger partial charge in [-0.3, -0.25) is 14.2 Å². The number of para-hydroxylation sites is 1. The van der Waals surface area contributed by atoms with Gasteiger partial charge in [-0.15, -0.1) is 0 Å². The van der Waals surface area contributed by atoms with Crippen LogP contribution in [0, 0.1) is 18.3 Å². The number of amides is 1. The molecule has 0 bridgehead atoms. The zero-order valence-electron chi connectivity index (χ0n) is 17.6. The Balaban J connectivity index is 1.65. The van der Waals surface area contributed by atoms with Crippen LogP contribution in [0.3, 0.4) is 0 Å². The summed E-state index contributed by atoms with van der Waals surface area (Å²) >= 11 is 1.31. The van der Waals surface area contributed by atoms with E-state index in [9.17, 15) is 9.59 Å². The number of fused-ring (bicyclic) bond motifs is 1. The number of nitrogens with zero attached hydrogens (tertiary/aromatic N) is 4. The van der Waals surface area contributed by atoms with Gasteiger partial charge in [0.15, 0.2) is 5.16 Å². The van der Waals surface area contributed by atoms with Crippen molar-refractivity contribution >= 4 is 34.3 Å². The van der Waals surface area contributed by atoms with Crippen molar-refractivity contribution in [3.8, 4) is 6.07 Å². The molecular formula is C24H24N4O2S. The standard InChI is InChI=1S/C24H24N4O2S/c1-16-8-10-18(11-9-16)27(15-5-14-25)22(29)17(2)31-24-26-21-7-4-3-6-20(21)23(30)28(24)19-12-13-19/h3-4,6-11,17,19H,5,12-13,15H2,1-2H3. The quantitative estimate of drug-likeness (QED) is 0.407. The minimum absolute atomic E-state index is 0.0462. The molecule has 4 rings (SSSR count). The van der Waals surface area contributed by atoms with Crippen LogP contribution in [0.5, 0.6) is 0 Å². The van der Waals surface area contributed by atoms with Crippen LogP contribution in [0.1, 0.15) is 37.8 Å². The molecule has 1 aliphatic rings. The number of anilines is 1. The van der Waals surface area contributed by atoms with Crippen LogP contribution < -0.4 is 10.5 Å². The Labute approximate surface area is 185 Å². The van der Waals surface area contributed by atoms with Crippen molar-refractivity contribution in [3.63, 3.8) is 0 Å². The molecule has 6 nitrogen and oxygen atoms in total. The highest BCUT2D eigenvalue weighted by molar-refractivity contribution is 8.00. The Morgan fingerprint density at radius 2 is 1.97 bits per heavy atom. The number of hydrogen-bond acceptors (Lipinski definition) is 5. The van der Waals surface area contributed by atoms with E-state index in [1.54, 1.807) is 15.5 Å². The Morgan fingerprint density at radius 1 is 1.26 bits per heavy atom. The first-order chi connectivity index (χ1) is 15.0. The summed E-state index contributed by atoms with van der Waals surface area (Å²) < 4.78 is 1.75. The second-order valence-electron chi connectivity index (χ2n) is 7.81. The van der Waals surface area contributed by atoms with Crippen LogP contribution in [0.25, 0.3) is 10.9 Å². The molecule has 1 atom stereocenters. The van der Waals surface area contributed by atoms with Gasteiger partial charge in [0.05, 0.1) is 28.6 Å². The lowest BCUT2D eigenvalue weighted by Gasteiger charge is -2.25. The number of carbonyl (C=O) groups excluding carboxylic acids is 1. The second kappa shape index (κ2) is 8.94. The van der Waals surface area contributed by atoms with E-state index in [2.05, 4.69) is 6.07 Å². The molecule has 1 fully saturated rings. The third-order valence-corrected chi connectivity index (χ3v) is 6.43. The third-order valence-electron chi connectivity index (χ3n) is 5.38. The molecule has 0 saturated heterocycles. The van der Waals surface area contributed by atoms with Gasteiger partial charge in [0.1, 0.15) is 0 Å². The fourth-order valence-electron chi connectivity index (χ4n) is 3.54. The van der Waals surface area contributed by atoms with Gasteiger partial charge in [0.2, 0.25) is 5.91 Å². The number of nitriles is 1. The zero-order valence-corrected chi connectivity index (χ0v) is 18.4. The predicted molar refractivity (Wildman–Crippen MR) is 123 cm³/mol. The molecule has 2 aromatic carbocycles. The summed E-state index contributed by atoms with van der Waals surface area (Å²) in [5.74, 6) is -0.103. The fourth-order valence-corrected chi connectivity index (χ4v) is 4.59. The third kappa shape index (κ3) is 4.49. The first kappa shape index (κ1) is 21.1. The van der Waals surface area contributed by atoms with E-state index >= 15 is 0 Å². The maximum Gasteiger partial charge on any atom is 0.262 e. The maximum atomic E-state index is 13.4. The number of rotatable bonds is 7. The molecule has 1 amide bonds. The van der Waals surface area contributed by atoms with E-state index in [4.69, 9.17) is 10.2 Å². The number of thioether (sulfide) groups is 1. The van der Waals surface area contributed by atoms with Gasteiger partial charge in [0, 0.05) is 18.3 Å². The molecule has 158 valence electrons. The van der Waals surface area contributed by atoms with Gasteiger partial charge >= 0.3 is 0 Å². The van der Waals surface area contributed by atoms with E-state index in [0.29, 0.717) is 22.6 Å². The molecule has 0 aliphatic heterocycles. The highest BCUT2D eigenvalue weighted by Gasteiger charge is 2.31. The first-order valence-electron chi connectivity index (χ1n) is 10.4. The largest absolute Gasteiger partial charge is 0.310 e. The van der Waals surface area contributed by atoms with E-state index in [-0.39, 0.29) is 23.9 Å². The minimum Gasteiger partial charge on any atom is -0.310 e. The maximum absolute atomic E-state index is 13.4. The molecule has 7 heteroatoms. The van der Waals surface area contributed by atoms with Crippen LogP contribution >= 0.6 is 11.8 Å². The Bertz CT molecular complexity index is 1210. The lowest BCUT2D eigenvalue weighted by Crippen LogP contribution is -2.37. The fraction of sp³-hybridized carbons (Fsp3) is 0.333. The van der Waals surface area contributed by atoms with Crippen LogP contribution in [-0.2, 0) is 4.79 Å². The zero-order chi connectivity index (χ0) is 22.0. The van der Waals surface area contributed by atoms with Crippen molar-refractivity contribution in [3.05, 3.63) is 64.4 Å². The lowest BCUT2D eigenvalue weighted by atomic mass is 10.2. The van der Waals surface area contributed by atoms with Gasteiger partial charge in [-0.25, -0.2) is 4.98 Å². The lowest BCUT2D eigenvalue weighted by molar-refractivity contribution is -0.117. The summed E-state index contributed by atoms with van der Waals surface area (Å²) in [5.41, 5.74) is 2.47. The highest BCUT2D eigenvalue weighted by Crippen LogP contribution is 2.38. The van der Waals surface area contributed by atoms with Gasteiger partial charge in [-0.05, 0) is 51.0 Å². The Kier molecular flexibility index (Phi) is 6.10. The average Bonchev–Trinajstić information content (AvgIpc) is 3.60. The van der Waals surface area contributed by atoms with Crippen molar-refractivity contribution in [2.75, 3.05) is 11.4 Å². The monoisotopic (exact) mass is 432 g/mol. The Hall–Kier alpha value is -3.11. The van der Waals surface area contributed by atoms with E-state index in [1.165, 1.54) is 11.8 Å². The number of benzene rings is 2. The van der Waals surface area contributed by atoms with Gasteiger partial charge in [-0.2, -0.15) is 5.26 Å². The number of hydrogen-bond donors (Lipinski definition) is 0. The SMILES string of the molecule is Cc1ccc(N(CCC#N)C(=O)C(C)Sc2nc3ccccc3c(=O)n2C2CC2)cc1. The summed E-state index contributed by atoms with van der Waals surface area (Å²) in [4.78, 5) is 32.8. The molecule has 0 spiro atoms. The molecule has 1 unspecified atom stereocenters. The minimum atomic E-state index is -0.460. The van der Waals surface area contributed by atoms with E-state index < -0.39 is 5.25 Å². The van der Waals surface area contributed by atoms with Crippen LogP contribution in [0.15, 0.2) is 58.5 Å². The van der Waals surface area contributed by atoms with Gasteiger partial charge in [-0.1, -0.05) is 41.6 Å². The van der Waals surface area contributed by atoms with E-state index in [0.717, 1.165) is 24.1 Å². The van der Waals surface area contributed by atoms with Crippen LogP contribution in [0.2, 0.25) is 0 Å². The molecule has 31 heavy (non-hydrogen) atoms. The molecule has 1 aliphatic carbocycles. The summed E-state index contributed by atoms with van der Waals surface area (Å²) in [6.07, 6.45) is 2.15. The summed E-state index contributed by atoms with van der Waals surface area (Å²) in [6.45, 7) is 4.15. The molecule has 0 N–H and O–H groups in total. The molecule has 1 aromatic heterocycles. The van der Waals surface area contributed by atoms with Crippen LogP contribution in [-0.4, -0.2) is 27.3 Å². The van der Waals surface area contributed by atoms with Crippen molar-refractivity contribution < 1.29 is 4.79 Å². The normalized spacial score (nSPS) is 14.2. The summed E-state index contributed by atoms with van der Waals surface area (Å²) in [6, 6.07) is 17.3. The smallest absolute Gasteiger partial charge is 0.262 e. The van der Waals surface area contributed by atoms with Crippen molar-refractivity contribution in [2.24, 2.45) is 0 Å². The number of carbonyl (C=O) groups is 1. The first-order valence-corrected chi connectivity index (χ1v) is 11.3. The molecule has 0 radical (unpaired) electrons. The highest BCUT2D eigenvalue weighted by atomic mass is 32.2. The van der Waals surface area contributed by atoms with E-state index in [1.807, 2.05) is 56.3 Å². The van der Waals surface area contributed by atoms with Crippen molar-refractivity contribution in [1.82, 2.24) is 9.55 Å². The number of aryl methyl sites for hydroxylation is 1. The topological polar surface area (TPSA) is 79.0 Å². The molecule has 3 aromatic rings. The molecule has 1 heterocycles. The average molecular weight is 433 g/mol. The molecule has 1 saturated carbocycles. The Morgan fingerprint density at radius 3 is 2.65 bits per heavy atom. The van der Waals surface area contributed by atoms with Crippen LogP contribution in [0.4, 0.5) is 5.69 Å².